The van der Waals surface area contributed by atoms with Crippen molar-refractivity contribution in [3.05, 3.63) is 79.7 Å². The molecule has 1 saturated heterocycles. The van der Waals surface area contributed by atoms with E-state index in [2.05, 4.69) is 29.7 Å². The van der Waals surface area contributed by atoms with Gasteiger partial charge in [-0.05, 0) is 47.7 Å². The Bertz CT molecular complexity index is 1180. The molecule has 0 N–H and O–H groups in total. The number of benzene rings is 2. The molecule has 0 atom stereocenters. The standard InChI is InChI=1S/C24H27N3O4/c1-16(2)19-14-20-18(13-24(28)31-23(20)12-17(19)3)15-25-8-10-26(11-9-25)21-6-4-5-7-22(21)27(29)30/h4-7,12-14,16H,8-11,15H2,1-3H3. The van der Waals surface area contributed by atoms with Crippen LogP contribution in [0.5, 0.6) is 0 Å². The Hall–Kier alpha value is -3.19. The van der Waals surface area contributed by atoms with Crippen molar-refractivity contribution >= 4 is 22.3 Å². The molecule has 0 unspecified atom stereocenters. The molecule has 1 aliphatic rings. The Morgan fingerprint density at radius 1 is 1.10 bits per heavy atom. The smallest absolute Gasteiger partial charge is 0.336 e. The van der Waals surface area contributed by atoms with Gasteiger partial charge in [0, 0.05) is 50.2 Å². The fraction of sp³-hybridized carbons (Fsp3) is 0.375. The quantitative estimate of drug-likeness (QED) is 0.344. The van der Waals surface area contributed by atoms with Crippen molar-refractivity contribution < 1.29 is 9.34 Å². The zero-order valence-corrected chi connectivity index (χ0v) is 18.1. The number of anilines is 1. The summed E-state index contributed by atoms with van der Waals surface area (Å²) in [7, 11) is 0. The second-order valence-corrected chi connectivity index (χ2v) is 8.46. The average molecular weight is 421 g/mol. The number of hydrogen-bond acceptors (Lipinski definition) is 6. The molecule has 2 aromatic carbocycles. The van der Waals surface area contributed by atoms with E-state index in [1.54, 1.807) is 24.3 Å². The summed E-state index contributed by atoms with van der Waals surface area (Å²) >= 11 is 0. The third-order valence-corrected chi connectivity index (χ3v) is 6.02. The van der Waals surface area contributed by atoms with Crippen molar-refractivity contribution in [2.24, 2.45) is 0 Å². The Labute approximate surface area is 181 Å². The van der Waals surface area contributed by atoms with E-state index in [-0.39, 0.29) is 16.2 Å². The largest absolute Gasteiger partial charge is 0.423 e. The molecule has 162 valence electrons. The summed E-state index contributed by atoms with van der Waals surface area (Å²) in [6.07, 6.45) is 0. The van der Waals surface area contributed by atoms with Crippen LogP contribution in [-0.4, -0.2) is 36.0 Å². The Balaban J connectivity index is 1.56. The third-order valence-electron chi connectivity index (χ3n) is 6.02. The molecule has 0 aliphatic carbocycles. The predicted octanol–water partition coefficient (Wildman–Crippen LogP) is 4.46. The van der Waals surface area contributed by atoms with Crippen LogP contribution in [0.4, 0.5) is 11.4 Å². The maximum Gasteiger partial charge on any atom is 0.336 e. The molecule has 1 aliphatic heterocycles. The van der Waals surface area contributed by atoms with E-state index >= 15 is 0 Å². The number of nitrogens with zero attached hydrogens (tertiary/aromatic N) is 3. The lowest BCUT2D eigenvalue weighted by molar-refractivity contribution is -0.384. The molecule has 31 heavy (non-hydrogen) atoms. The summed E-state index contributed by atoms with van der Waals surface area (Å²) in [5.74, 6) is 0.384. The zero-order valence-electron chi connectivity index (χ0n) is 18.1. The Morgan fingerprint density at radius 3 is 2.48 bits per heavy atom. The minimum absolute atomic E-state index is 0.138. The van der Waals surface area contributed by atoms with Gasteiger partial charge in [-0.1, -0.05) is 26.0 Å². The average Bonchev–Trinajstić information content (AvgIpc) is 2.73. The van der Waals surface area contributed by atoms with Crippen LogP contribution in [0.2, 0.25) is 0 Å². The number of aryl methyl sites for hydroxylation is 1. The van der Waals surface area contributed by atoms with Gasteiger partial charge in [-0.15, -0.1) is 0 Å². The predicted molar refractivity (Wildman–Crippen MR) is 122 cm³/mol. The molecule has 7 nitrogen and oxygen atoms in total. The van der Waals surface area contributed by atoms with Crippen LogP contribution >= 0.6 is 0 Å². The van der Waals surface area contributed by atoms with Gasteiger partial charge in [0.2, 0.25) is 0 Å². The fourth-order valence-corrected chi connectivity index (χ4v) is 4.42. The number of nitro groups is 1. The van der Waals surface area contributed by atoms with Crippen LogP contribution in [0.25, 0.3) is 11.0 Å². The van der Waals surface area contributed by atoms with Crippen molar-refractivity contribution in [1.29, 1.82) is 0 Å². The van der Waals surface area contributed by atoms with Crippen LogP contribution in [0, 0.1) is 17.0 Å². The van der Waals surface area contributed by atoms with E-state index in [0.717, 1.165) is 29.6 Å². The molecule has 4 rings (SSSR count). The van der Waals surface area contributed by atoms with Gasteiger partial charge in [0.1, 0.15) is 11.3 Å². The van der Waals surface area contributed by atoms with Crippen molar-refractivity contribution in [2.45, 2.75) is 33.2 Å². The van der Waals surface area contributed by atoms with Gasteiger partial charge in [-0.3, -0.25) is 15.0 Å². The maximum absolute atomic E-state index is 12.2. The molecule has 0 spiro atoms. The van der Waals surface area contributed by atoms with E-state index in [1.165, 1.54) is 5.56 Å². The molecule has 1 aromatic heterocycles. The molecule has 0 saturated carbocycles. The van der Waals surface area contributed by atoms with E-state index in [1.807, 2.05) is 19.1 Å². The Kier molecular flexibility index (Phi) is 5.78. The van der Waals surface area contributed by atoms with E-state index in [4.69, 9.17) is 4.42 Å². The lowest BCUT2D eigenvalue weighted by Crippen LogP contribution is -2.46. The second-order valence-electron chi connectivity index (χ2n) is 8.46. The summed E-state index contributed by atoms with van der Waals surface area (Å²) in [6.45, 7) is 9.93. The van der Waals surface area contributed by atoms with Gasteiger partial charge < -0.3 is 9.32 Å². The summed E-state index contributed by atoms with van der Waals surface area (Å²) in [5.41, 5.74) is 4.44. The summed E-state index contributed by atoms with van der Waals surface area (Å²) < 4.78 is 5.47. The topological polar surface area (TPSA) is 79.8 Å². The molecule has 0 radical (unpaired) electrons. The highest BCUT2D eigenvalue weighted by Gasteiger charge is 2.24. The zero-order chi connectivity index (χ0) is 22.1. The van der Waals surface area contributed by atoms with Crippen LogP contribution < -0.4 is 10.5 Å². The Morgan fingerprint density at radius 2 is 1.81 bits per heavy atom. The highest BCUT2D eigenvalue weighted by Crippen LogP contribution is 2.30. The number of para-hydroxylation sites is 2. The van der Waals surface area contributed by atoms with Gasteiger partial charge in [0.25, 0.3) is 5.69 Å². The van der Waals surface area contributed by atoms with E-state index in [0.29, 0.717) is 36.8 Å². The molecule has 2 heterocycles. The van der Waals surface area contributed by atoms with Crippen molar-refractivity contribution in [2.75, 3.05) is 31.1 Å². The molecule has 0 amide bonds. The third kappa shape index (κ3) is 4.32. The first-order valence-electron chi connectivity index (χ1n) is 10.6. The number of fused-ring (bicyclic) bond motifs is 1. The second kappa shape index (κ2) is 8.51. The van der Waals surface area contributed by atoms with Crippen LogP contribution in [0.3, 0.4) is 0 Å². The number of nitro benzene ring substituents is 1. The van der Waals surface area contributed by atoms with E-state index < -0.39 is 0 Å². The summed E-state index contributed by atoms with van der Waals surface area (Å²) in [6, 6.07) is 12.6. The maximum atomic E-state index is 12.2. The van der Waals surface area contributed by atoms with Gasteiger partial charge in [-0.25, -0.2) is 4.79 Å². The number of piperazine rings is 1. The van der Waals surface area contributed by atoms with Gasteiger partial charge in [0.15, 0.2) is 0 Å². The molecule has 1 fully saturated rings. The molecular weight excluding hydrogens is 394 g/mol. The van der Waals surface area contributed by atoms with Crippen LogP contribution in [0.1, 0.15) is 36.5 Å². The minimum Gasteiger partial charge on any atom is -0.423 e. The van der Waals surface area contributed by atoms with Crippen LogP contribution in [0.15, 0.2) is 51.7 Å². The first-order valence-corrected chi connectivity index (χ1v) is 10.6. The van der Waals surface area contributed by atoms with Gasteiger partial charge >= 0.3 is 5.63 Å². The monoisotopic (exact) mass is 421 g/mol. The lowest BCUT2D eigenvalue weighted by Gasteiger charge is -2.35. The normalized spacial score (nSPS) is 15.0. The fourth-order valence-electron chi connectivity index (χ4n) is 4.42. The summed E-state index contributed by atoms with van der Waals surface area (Å²) in [5, 5.41) is 12.3. The highest BCUT2D eigenvalue weighted by atomic mass is 16.6. The molecular formula is C24H27N3O4. The SMILES string of the molecule is Cc1cc2oc(=O)cc(CN3CCN(c4ccccc4[N+](=O)[O-])CC3)c2cc1C(C)C. The minimum atomic E-state index is -0.335. The first kappa shape index (κ1) is 21.1. The first-order chi connectivity index (χ1) is 14.8. The van der Waals surface area contributed by atoms with E-state index in [9.17, 15) is 14.9 Å². The highest BCUT2D eigenvalue weighted by molar-refractivity contribution is 5.82. The van der Waals surface area contributed by atoms with Crippen LogP contribution in [-0.2, 0) is 6.54 Å². The molecule has 0 bridgehead atoms. The molecule has 3 aromatic rings. The van der Waals surface area contributed by atoms with Gasteiger partial charge in [0.05, 0.1) is 4.92 Å². The molecule has 7 heteroatoms. The van der Waals surface area contributed by atoms with Crippen molar-refractivity contribution in [1.82, 2.24) is 4.90 Å². The number of hydrogen-bond donors (Lipinski definition) is 0. The van der Waals surface area contributed by atoms with Crippen molar-refractivity contribution in [3.8, 4) is 0 Å². The lowest BCUT2D eigenvalue weighted by atomic mass is 9.95. The summed E-state index contributed by atoms with van der Waals surface area (Å²) in [4.78, 5) is 27.5. The van der Waals surface area contributed by atoms with Crippen molar-refractivity contribution in [3.63, 3.8) is 0 Å². The number of rotatable bonds is 5. The van der Waals surface area contributed by atoms with Gasteiger partial charge in [-0.2, -0.15) is 0 Å².